The molecule has 0 aromatic rings. The lowest BCUT2D eigenvalue weighted by atomic mass is 9.78. The molecule has 1 N–H and O–H groups in total. The Morgan fingerprint density at radius 3 is 2.50 bits per heavy atom. The quantitative estimate of drug-likeness (QED) is 0.792. The number of carbonyl (C=O) groups is 3. The maximum absolute atomic E-state index is 12.7. The Labute approximate surface area is 118 Å². The summed E-state index contributed by atoms with van der Waals surface area (Å²) in [5, 5.41) is 2.33. The fourth-order valence-electron chi connectivity index (χ4n) is 3.09. The smallest absolute Gasteiger partial charge is 0.331 e. The molecule has 112 valence electrons. The van der Waals surface area contributed by atoms with E-state index < -0.39 is 17.4 Å². The number of urea groups is 1. The molecular formula is C14H22N2O4. The molecule has 0 radical (unpaired) electrons. The first-order chi connectivity index (χ1) is 9.47. The van der Waals surface area contributed by atoms with Gasteiger partial charge in [-0.25, -0.2) is 4.79 Å². The Hall–Kier alpha value is -1.43. The Balaban J connectivity index is 2.29. The maximum atomic E-state index is 12.7. The van der Waals surface area contributed by atoms with Gasteiger partial charge >= 0.3 is 6.03 Å². The van der Waals surface area contributed by atoms with Crippen molar-refractivity contribution >= 4 is 17.8 Å². The summed E-state index contributed by atoms with van der Waals surface area (Å²) >= 11 is 0. The van der Waals surface area contributed by atoms with Gasteiger partial charge in [0.05, 0.1) is 12.1 Å². The highest BCUT2D eigenvalue weighted by molar-refractivity contribution is 6.19. The van der Waals surface area contributed by atoms with Crippen molar-refractivity contribution in [2.75, 3.05) is 6.61 Å². The highest BCUT2D eigenvalue weighted by Gasteiger charge is 2.53. The molecule has 20 heavy (non-hydrogen) atoms. The molecule has 6 heteroatoms. The molecule has 0 aromatic carbocycles. The lowest BCUT2D eigenvalue weighted by molar-refractivity contribution is -0.155. The Kier molecular flexibility index (Phi) is 4.13. The van der Waals surface area contributed by atoms with Gasteiger partial charge in [0, 0.05) is 6.61 Å². The van der Waals surface area contributed by atoms with Crippen LogP contribution in [-0.2, 0) is 14.3 Å². The minimum absolute atomic E-state index is 0.135. The second kappa shape index (κ2) is 5.52. The van der Waals surface area contributed by atoms with E-state index in [2.05, 4.69) is 5.32 Å². The van der Waals surface area contributed by atoms with Crippen molar-refractivity contribution in [1.82, 2.24) is 10.2 Å². The van der Waals surface area contributed by atoms with Crippen LogP contribution < -0.4 is 5.32 Å². The second-order valence-electron chi connectivity index (χ2n) is 5.52. The Morgan fingerprint density at radius 1 is 1.35 bits per heavy atom. The number of amides is 4. The number of hydrogen-bond donors (Lipinski definition) is 1. The summed E-state index contributed by atoms with van der Waals surface area (Å²) in [4.78, 5) is 38.0. The summed E-state index contributed by atoms with van der Waals surface area (Å²) in [7, 11) is 0. The zero-order valence-electron chi connectivity index (χ0n) is 12.3. The molecule has 0 aliphatic carbocycles. The monoisotopic (exact) mass is 282 g/mol. The molecule has 2 aliphatic heterocycles. The second-order valence-corrected chi connectivity index (χ2v) is 5.52. The van der Waals surface area contributed by atoms with E-state index in [1.807, 2.05) is 0 Å². The lowest BCUT2D eigenvalue weighted by Crippen LogP contribution is -2.66. The number of nitrogens with one attached hydrogen (secondary N) is 1. The van der Waals surface area contributed by atoms with Crippen LogP contribution in [0.2, 0.25) is 0 Å². The van der Waals surface area contributed by atoms with Crippen LogP contribution in [-0.4, -0.2) is 41.5 Å². The topological polar surface area (TPSA) is 75.7 Å². The van der Waals surface area contributed by atoms with Gasteiger partial charge in [-0.2, -0.15) is 0 Å². The van der Waals surface area contributed by atoms with Crippen LogP contribution in [0, 0.1) is 5.41 Å². The Bertz CT molecular complexity index is 425. The molecule has 2 rings (SSSR count). The fraction of sp³-hybridized carbons (Fsp3) is 0.786. The third-order valence-corrected chi connectivity index (χ3v) is 4.62. The number of imide groups is 2. The average Bonchev–Trinajstić information content (AvgIpc) is 2.93. The van der Waals surface area contributed by atoms with Gasteiger partial charge in [0.25, 0.3) is 0 Å². The molecule has 2 atom stereocenters. The number of nitrogens with zero attached hydrogens (tertiary/aromatic N) is 1. The van der Waals surface area contributed by atoms with E-state index >= 15 is 0 Å². The molecule has 2 aliphatic rings. The van der Waals surface area contributed by atoms with Crippen LogP contribution in [0.25, 0.3) is 0 Å². The normalized spacial score (nSPS) is 27.6. The molecule has 0 aromatic heterocycles. The van der Waals surface area contributed by atoms with E-state index in [1.54, 1.807) is 20.8 Å². The number of rotatable bonds is 4. The number of carbonyl (C=O) groups excluding carboxylic acids is 3. The zero-order valence-corrected chi connectivity index (χ0v) is 12.3. The number of ether oxygens (including phenoxy) is 1. The third kappa shape index (κ3) is 2.12. The van der Waals surface area contributed by atoms with Crippen LogP contribution in [0.15, 0.2) is 0 Å². The maximum Gasteiger partial charge on any atom is 0.331 e. The van der Waals surface area contributed by atoms with Crippen molar-refractivity contribution in [3.05, 3.63) is 0 Å². The summed E-state index contributed by atoms with van der Waals surface area (Å²) in [6.07, 6.45) is 2.40. The first kappa shape index (κ1) is 15.0. The average molecular weight is 282 g/mol. The zero-order chi connectivity index (χ0) is 14.9. The van der Waals surface area contributed by atoms with Crippen molar-refractivity contribution in [2.45, 2.75) is 58.6 Å². The van der Waals surface area contributed by atoms with E-state index in [4.69, 9.17) is 4.74 Å². The summed E-state index contributed by atoms with van der Waals surface area (Å²) in [5.41, 5.74) is -1.12. The van der Waals surface area contributed by atoms with Gasteiger partial charge in [-0.1, -0.05) is 13.8 Å². The third-order valence-electron chi connectivity index (χ3n) is 4.62. The van der Waals surface area contributed by atoms with E-state index in [9.17, 15) is 14.4 Å². The summed E-state index contributed by atoms with van der Waals surface area (Å²) in [6.45, 7) is 6.06. The predicted molar refractivity (Wildman–Crippen MR) is 71.8 cm³/mol. The van der Waals surface area contributed by atoms with Gasteiger partial charge in [-0.05, 0) is 32.6 Å². The molecule has 2 fully saturated rings. The van der Waals surface area contributed by atoms with Gasteiger partial charge in [0.1, 0.15) is 5.41 Å². The van der Waals surface area contributed by atoms with Crippen LogP contribution in [0.5, 0.6) is 0 Å². The lowest BCUT2D eigenvalue weighted by Gasteiger charge is -2.41. The largest absolute Gasteiger partial charge is 0.376 e. The molecular weight excluding hydrogens is 260 g/mol. The minimum atomic E-state index is -1.12. The molecule has 2 saturated heterocycles. The van der Waals surface area contributed by atoms with Crippen molar-refractivity contribution < 1.29 is 19.1 Å². The van der Waals surface area contributed by atoms with Gasteiger partial charge in [0.2, 0.25) is 11.8 Å². The molecule has 2 heterocycles. The van der Waals surface area contributed by atoms with E-state index in [1.165, 1.54) is 4.90 Å². The number of barbiturate groups is 1. The van der Waals surface area contributed by atoms with E-state index in [-0.39, 0.29) is 18.1 Å². The standard InChI is InChI=1S/C14H22N2O4/c1-4-14(5-2)11(17)15-13(19)16(12(14)18)9(3)10-7-6-8-20-10/h9-10H,4-8H2,1-3H3,(H,15,17,19). The fourth-order valence-corrected chi connectivity index (χ4v) is 3.09. The highest BCUT2D eigenvalue weighted by Crippen LogP contribution is 2.34. The molecule has 0 spiro atoms. The van der Waals surface area contributed by atoms with Crippen molar-refractivity contribution in [2.24, 2.45) is 5.41 Å². The summed E-state index contributed by atoms with van der Waals surface area (Å²) < 4.78 is 5.57. The summed E-state index contributed by atoms with van der Waals surface area (Å²) in [5.74, 6) is -0.868. The van der Waals surface area contributed by atoms with Crippen molar-refractivity contribution in [3.8, 4) is 0 Å². The van der Waals surface area contributed by atoms with Gasteiger partial charge in [-0.3, -0.25) is 19.8 Å². The molecule has 6 nitrogen and oxygen atoms in total. The van der Waals surface area contributed by atoms with Crippen LogP contribution in [0.3, 0.4) is 0 Å². The molecule has 2 unspecified atom stereocenters. The van der Waals surface area contributed by atoms with E-state index in [0.717, 1.165) is 12.8 Å². The molecule has 0 saturated carbocycles. The van der Waals surface area contributed by atoms with Crippen molar-refractivity contribution in [1.29, 1.82) is 0 Å². The number of hydrogen-bond acceptors (Lipinski definition) is 4. The first-order valence-electron chi connectivity index (χ1n) is 7.28. The first-order valence-corrected chi connectivity index (χ1v) is 7.28. The highest BCUT2D eigenvalue weighted by atomic mass is 16.5. The van der Waals surface area contributed by atoms with E-state index in [0.29, 0.717) is 19.4 Å². The molecule has 0 bridgehead atoms. The SMILES string of the molecule is CCC1(CC)C(=O)NC(=O)N(C(C)C2CCCO2)C1=O. The van der Waals surface area contributed by atoms with Crippen LogP contribution >= 0.6 is 0 Å². The van der Waals surface area contributed by atoms with Gasteiger partial charge in [0.15, 0.2) is 0 Å². The van der Waals surface area contributed by atoms with Gasteiger partial charge < -0.3 is 4.74 Å². The van der Waals surface area contributed by atoms with Gasteiger partial charge in [-0.15, -0.1) is 0 Å². The van der Waals surface area contributed by atoms with Crippen LogP contribution in [0.1, 0.15) is 46.5 Å². The predicted octanol–water partition coefficient (Wildman–Crippen LogP) is 1.44. The Morgan fingerprint density at radius 2 is 2.00 bits per heavy atom. The summed E-state index contributed by atoms with van der Waals surface area (Å²) in [6, 6.07) is -0.976. The molecule has 4 amide bonds. The van der Waals surface area contributed by atoms with Crippen LogP contribution in [0.4, 0.5) is 4.79 Å². The minimum Gasteiger partial charge on any atom is -0.376 e. The van der Waals surface area contributed by atoms with Crippen molar-refractivity contribution in [3.63, 3.8) is 0 Å².